The maximum Gasteiger partial charge on any atom is 0.0110 e. The molecule has 2 rings (SSSR count). The van der Waals surface area contributed by atoms with Crippen LogP contribution >= 0.6 is 0 Å². The predicted molar refractivity (Wildman–Crippen MR) is 69.6 cm³/mol. The van der Waals surface area contributed by atoms with Gasteiger partial charge in [-0.25, -0.2) is 0 Å². The fourth-order valence-corrected chi connectivity index (χ4v) is 2.90. The Morgan fingerprint density at radius 2 is 2.25 bits per heavy atom. The summed E-state index contributed by atoms with van der Waals surface area (Å²) in [6, 6.07) is 0.819. The second-order valence-corrected chi connectivity index (χ2v) is 5.38. The molecule has 1 aliphatic carbocycles. The van der Waals surface area contributed by atoms with Gasteiger partial charge in [0.05, 0.1) is 0 Å². The van der Waals surface area contributed by atoms with Gasteiger partial charge in [0, 0.05) is 19.1 Å². The molecule has 2 aliphatic rings. The molecule has 0 aromatic rings. The van der Waals surface area contributed by atoms with E-state index in [9.17, 15) is 0 Å². The standard InChI is InChI=1S/C14H26N2/c1-13-6-5-10-16(13)11-9-15-12-14-7-3-2-4-8-14/h2-3,13-15H,4-12H2,1H3. The van der Waals surface area contributed by atoms with Gasteiger partial charge in [0.25, 0.3) is 0 Å². The Hall–Kier alpha value is -0.340. The molecule has 0 saturated carbocycles. The summed E-state index contributed by atoms with van der Waals surface area (Å²) in [6.07, 6.45) is 11.4. The van der Waals surface area contributed by atoms with E-state index in [0.29, 0.717) is 0 Å². The molecule has 92 valence electrons. The highest BCUT2D eigenvalue weighted by Gasteiger charge is 2.19. The fourth-order valence-electron chi connectivity index (χ4n) is 2.90. The first-order valence-corrected chi connectivity index (χ1v) is 6.96. The highest BCUT2D eigenvalue weighted by molar-refractivity contribution is 4.90. The number of hydrogen-bond acceptors (Lipinski definition) is 2. The van der Waals surface area contributed by atoms with E-state index in [-0.39, 0.29) is 0 Å². The Bertz CT molecular complexity index is 225. The smallest absolute Gasteiger partial charge is 0.0110 e. The SMILES string of the molecule is CC1CCCN1CCNCC1CC=CCC1. The molecule has 0 amide bonds. The normalized spacial score (nSPS) is 31.1. The molecule has 0 aromatic carbocycles. The van der Waals surface area contributed by atoms with Crippen LogP contribution in [0.5, 0.6) is 0 Å². The molecular weight excluding hydrogens is 196 g/mol. The average molecular weight is 222 g/mol. The van der Waals surface area contributed by atoms with Crippen molar-refractivity contribution in [3.8, 4) is 0 Å². The average Bonchev–Trinajstić information content (AvgIpc) is 2.72. The molecule has 2 unspecified atom stereocenters. The van der Waals surface area contributed by atoms with Crippen LogP contribution in [-0.2, 0) is 0 Å². The Labute approximate surface area is 100 Å². The molecule has 0 aromatic heterocycles. The van der Waals surface area contributed by atoms with E-state index in [0.717, 1.165) is 12.0 Å². The molecule has 0 bridgehead atoms. The molecule has 0 radical (unpaired) electrons. The van der Waals surface area contributed by atoms with Crippen LogP contribution in [0.3, 0.4) is 0 Å². The highest BCUT2D eigenvalue weighted by atomic mass is 15.2. The topological polar surface area (TPSA) is 15.3 Å². The zero-order chi connectivity index (χ0) is 11.2. The van der Waals surface area contributed by atoms with Gasteiger partial charge in [0.1, 0.15) is 0 Å². The minimum atomic E-state index is 0.819. The summed E-state index contributed by atoms with van der Waals surface area (Å²) in [4.78, 5) is 2.62. The van der Waals surface area contributed by atoms with Gasteiger partial charge in [-0.1, -0.05) is 12.2 Å². The lowest BCUT2D eigenvalue weighted by molar-refractivity contribution is 0.265. The first-order chi connectivity index (χ1) is 7.86. The summed E-state index contributed by atoms with van der Waals surface area (Å²) in [7, 11) is 0. The zero-order valence-corrected chi connectivity index (χ0v) is 10.6. The molecule has 1 fully saturated rings. The van der Waals surface area contributed by atoms with Gasteiger partial charge >= 0.3 is 0 Å². The summed E-state index contributed by atoms with van der Waals surface area (Å²) in [5, 5.41) is 3.63. The van der Waals surface area contributed by atoms with Crippen LogP contribution < -0.4 is 5.32 Å². The molecule has 2 heteroatoms. The lowest BCUT2D eigenvalue weighted by Gasteiger charge is -2.22. The van der Waals surface area contributed by atoms with Gasteiger partial charge < -0.3 is 5.32 Å². The lowest BCUT2D eigenvalue weighted by Crippen LogP contribution is -2.35. The van der Waals surface area contributed by atoms with Crippen LogP contribution in [0.15, 0.2) is 12.2 Å². The van der Waals surface area contributed by atoms with E-state index in [1.54, 1.807) is 0 Å². The minimum absolute atomic E-state index is 0.819. The number of rotatable bonds is 5. The second kappa shape index (κ2) is 6.41. The molecule has 0 spiro atoms. The van der Waals surface area contributed by atoms with Crippen molar-refractivity contribution < 1.29 is 0 Å². The van der Waals surface area contributed by atoms with Gasteiger partial charge in [-0.2, -0.15) is 0 Å². The van der Waals surface area contributed by atoms with E-state index in [4.69, 9.17) is 0 Å². The fraction of sp³-hybridized carbons (Fsp3) is 0.857. The molecule has 1 aliphatic heterocycles. The quantitative estimate of drug-likeness (QED) is 0.568. The number of likely N-dealkylation sites (tertiary alicyclic amines) is 1. The van der Waals surface area contributed by atoms with Crippen LogP contribution in [0.25, 0.3) is 0 Å². The first-order valence-electron chi connectivity index (χ1n) is 6.96. The number of allylic oxidation sites excluding steroid dienone is 2. The summed E-state index contributed by atoms with van der Waals surface area (Å²) in [6.45, 7) is 7.30. The monoisotopic (exact) mass is 222 g/mol. The van der Waals surface area contributed by atoms with Gasteiger partial charge in [-0.05, 0) is 58.0 Å². The van der Waals surface area contributed by atoms with Crippen molar-refractivity contribution in [1.82, 2.24) is 10.2 Å². The molecule has 2 nitrogen and oxygen atoms in total. The molecule has 2 atom stereocenters. The van der Waals surface area contributed by atoms with Crippen LogP contribution in [-0.4, -0.2) is 37.1 Å². The summed E-state index contributed by atoms with van der Waals surface area (Å²) < 4.78 is 0. The van der Waals surface area contributed by atoms with Gasteiger partial charge in [0.2, 0.25) is 0 Å². The number of nitrogens with one attached hydrogen (secondary N) is 1. The minimum Gasteiger partial charge on any atom is -0.315 e. The van der Waals surface area contributed by atoms with Crippen LogP contribution in [0, 0.1) is 5.92 Å². The summed E-state index contributed by atoms with van der Waals surface area (Å²) in [5.41, 5.74) is 0. The zero-order valence-electron chi connectivity index (χ0n) is 10.6. The van der Waals surface area contributed by atoms with Crippen molar-refractivity contribution in [2.24, 2.45) is 5.92 Å². The molecule has 1 N–H and O–H groups in total. The Morgan fingerprint density at radius 1 is 1.31 bits per heavy atom. The van der Waals surface area contributed by atoms with Crippen LogP contribution in [0.2, 0.25) is 0 Å². The summed E-state index contributed by atoms with van der Waals surface area (Å²) >= 11 is 0. The van der Waals surface area contributed by atoms with Crippen molar-refractivity contribution in [1.29, 1.82) is 0 Å². The first kappa shape index (κ1) is 12.1. The molecule has 16 heavy (non-hydrogen) atoms. The second-order valence-electron chi connectivity index (χ2n) is 5.38. The Balaban J connectivity index is 1.53. The van der Waals surface area contributed by atoms with Crippen molar-refractivity contribution in [3.63, 3.8) is 0 Å². The van der Waals surface area contributed by atoms with E-state index in [1.165, 1.54) is 58.3 Å². The predicted octanol–water partition coefficient (Wildman–Crippen LogP) is 2.42. The maximum absolute atomic E-state index is 3.63. The third kappa shape index (κ3) is 3.60. The molecular formula is C14H26N2. The van der Waals surface area contributed by atoms with Gasteiger partial charge in [0.15, 0.2) is 0 Å². The lowest BCUT2D eigenvalue weighted by atomic mass is 9.94. The van der Waals surface area contributed by atoms with Crippen molar-refractivity contribution in [2.45, 2.75) is 45.1 Å². The van der Waals surface area contributed by atoms with Crippen LogP contribution in [0.1, 0.15) is 39.0 Å². The molecule has 1 saturated heterocycles. The van der Waals surface area contributed by atoms with Crippen molar-refractivity contribution in [2.75, 3.05) is 26.2 Å². The third-order valence-corrected chi connectivity index (χ3v) is 4.08. The Morgan fingerprint density at radius 3 is 2.94 bits per heavy atom. The Kier molecular flexibility index (Phi) is 4.86. The summed E-state index contributed by atoms with van der Waals surface area (Å²) in [5.74, 6) is 0.890. The van der Waals surface area contributed by atoms with Crippen LogP contribution in [0.4, 0.5) is 0 Å². The van der Waals surface area contributed by atoms with E-state index >= 15 is 0 Å². The third-order valence-electron chi connectivity index (χ3n) is 4.08. The largest absolute Gasteiger partial charge is 0.315 e. The van der Waals surface area contributed by atoms with E-state index in [2.05, 4.69) is 29.3 Å². The van der Waals surface area contributed by atoms with Gasteiger partial charge in [-0.3, -0.25) is 4.90 Å². The van der Waals surface area contributed by atoms with Crippen molar-refractivity contribution >= 4 is 0 Å². The van der Waals surface area contributed by atoms with Crippen molar-refractivity contribution in [3.05, 3.63) is 12.2 Å². The highest BCUT2D eigenvalue weighted by Crippen LogP contribution is 2.17. The number of nitrogens with zero attached hydrogens (tertiary/aromatic N) is 1. The number of hydrogen-bond donors (Lipinski definition) is 1. The molecule has 1 heterocycles. The van der Waals surface area contributed by atoms with E-state index < -0.39 is 0 Å². The van der Waals surface area contributed by atoms with E-state index in [1.807, 2.05) is 0 Å². The maximum atomic E-state index is 3.63. The van der Waals surface area contributed by atoms with Gasteiger partial charge in [-0.15, -0.1) is 0 Å².